The van der Waals surface area contributed by atoms with Gasteiger partial charge in [-0.3, -0.25) is 0 Å². The lowest BCUT2D eigenvalue weighted by molar-refractivity contribution is 0.316. The van der Waals surface area contributed by atoms with Gasteiger partial charge in [-0.05, 0) is 47.0 Å². The van der Waals surface area contributed by atoms with Gasteiger partial charge in [-0.15, -0.1) is 12.4 Å². The molecular weight excluding hydrogens is 330 g/mol. The molecule has 3 N–H and O–H groups in total. The van der Waals surface area contributed by atoms with Crippen molar-refractivity contribution < 1.29 is 9.84 Å². The van der Waals surface area contributed by atoms with Crippen LogP contribution in [0, 0.1) is 0 Å². The quantitative estimate of drug-likeness (QED) is 0.707. The summed E-state index contributed by atoms with van der Waals surface area (Å²) in [6.07, 6.45) is 4.47. The highest BCUT2D eigenvalue weighted by molar-refractivity contribution is 9.10. The Bertz CT molecular complexity index is 388. The number of unbranched alkanes of at least 4 members (excludes halogenated alkanes) is 2. The van der Waals surface area contributed by atoms with Crippen LogP contribution in [-0.4, -0.2) is 11.7 Å². The molecule has 0 aliphatic heterocycles. The second kappa shape index (κ2) is 9.45. The van der Waals surface area contributed by atoms with Gasteiger partial charge in [0.15, 0.2) is 11.5 Å². The van der Waals surface area contributed by atoms with Crippen molar-refractivity contribution in [1.82, 2.24) is 0 Å². The van der Waals surface area contributed by atoms with Crippen LogP contribution in [0.25, 0.3) is 0 Å². The van der Waals surface area contributed by atoms with Crippen LogP contribution in [0.1, 0.15) is 51.1 Å². The molecule has 0 fully saturated rings. The number of hydrogen-bond acceptors (Lipinski definition) is 3. The van der Waals surface area contributed by atoms with E-state index in [1.165, 1.54) is 12.8 Å². The molecule has 0 unspecified atom stereocenters. The predicted octanol–water partition coefficient (Wildman–Crippen LogP) is 4.56. The number of phenols is 1. The number of phenolic OH excluding ortho intramolecular Hbond substituents is 1. The zero-order valence-electron chi connectivity index (χ0n) is 11.5. The van der Waals surface area contributed by atoms with Gasteiger partial charge in [0.1, 0.15) is 0 Å². The summed E-state index contributed by atoms with van der Waals surface area (Å²) in [4.78, 5) is 0. The molecular formula is C14H23BrClNO2. The lowest BCUT2D eigenvalue weighted by atomic mass is 10.0. The van der Waals surface area contributed by atoms with Crippen molar-refractivity contribution >= 4 is 28.3 Å². The summed E-state index contributed by atoms with van der Waals surface area (Å²) >= 11 is 3.33. The molecule has 19 heavy (non-hydrogen) atoms. The Morgan fingerprint density at radius 1 is 1.32 bits per heavy atom. The topological polar surface area (TPSA) is 55.5 Å². The lowest BCUT2D eigenvalue weighted by Gasteiger charge is -2.15. The molecule has 1 aromatic rings. The fraction of sp³-hybridized carbons (Fsp3) is 0.571. The van der Waals surface area contributed by atoms with Crippen LogP contribution in [-0.2, 0) is 0 Å². The second-order valence-corrected chi connectivity index (χ2v) is 5.24. The van der Waals surface area contributed by atoms with Crippen molar-refractivity contribution in [2.45, 2.75) is 45.6 Å². The molecule has 0 aliphatic rings. The van der Waals surface area contributed by atoms with Gasteiger partial charge >= 0.3 is 0 Å². The average Bonchev–Trinajstić information content (AvgIpc) is 2.35. The summed E-state index contributed by atoms with van der Waals surface area (Å²) in [6.45, 7) is 4.59. The number of ether oxygens (including phenoxy) is 1. The lowest BCUT2D eigenvalue weighted by Crippen LogP contribution is -2.10. The number of halogens is 2. The number of nitrogens with two attached hydrogens (primary N) is 1. The van der Waals surface area contributed by atoms with Gasteiger partial charge in [0.25, 0.3) is 0 Å². The maximum Gasteiger partial charge on any atom is 0.172 e. The van der Waals surface area contributed by atoms with Gasteiger partial charge in [-0.1, -0.05) is 26.2 Å². The summed E-state index contributed by atoms with van der Waals surface area (Å²) in [7, 11) is 0. The fourth-order valence-electron chi connectivity index (χ4n) is 1.85. The maximum atomic E-state index is 9.84. The fourth-order valence-corrected chi connectivity index (χ4v) is 2.31. The van der Waals surface area contributed by atoms with Crippen molar-refractivity contribution in [3.05, 3.63) is 22.2 Å². The second-order valence-electron chi connectivity index (χ2n) is 4.38. The molecule has 5 heteroatoms. The van der Waals surface area contributed by atoms with Gasteiger partial charge in [-0.2, -0.15) is 0 Å². The van der Waals surface area contributed by atoms with E-state index in [0.717, 1.165) is 18.4 Å². The number of benzene rings is 1. The molecule has 3 nitrogen and oxygen atoms in total. The first-order valence-electron chi connectivity index (χ1n) is 6.50. The Morgan fingerprint density at radius 2 is 2.00 bits per heavy atom. The highest BCUT2D eigenvalue weighted by atomic mass is 79.9. The molecule has 0 bridgehead atoms. The van der Waals surface area contributed by atoms with Crippen molar-refractivity contribution in [3.8, 4) is 11.5 Å². The maximum absolute atomic E-state index is 9.84. The van der Waals surface area contributed by atoms with Crippen molar-refractivity contribution in [2.75, 3.05) is 6.61 Å². The Morgan fingerprint density at radius 3 is 2.58 bits per heavy atom. The minimum absolute atomic E-state index is 0. The molecule has 0 saturated carbocycles. The third-order valence-corrected chi connectivity index (χ3v) is 3.50. The van der Waals surface area contributed by atoms with Crippen molar-refractivity contribution in [2.24, 2.45) is 5.73 Å². The summed E-state index contributed by atoms with van der Waals surface area (Å²) < 4.78 is 6.03. The molecule has 0 saturated heterocycles. The van der Waals surface area contributed by atoms with Crippen LogP contribution < -0.4 is 10.5 Å². The third kappa shape index (κ3) is 5.59. The van der Waals surface area contributed by atoms with Crippen molar-refractivity contribution in [3.63, 3.8) is 0 Å². The Kier molecular flexibility index (Phi) is 9.23. The van der Waals surface area contributed by atoms with Crippen LogP contribution >= 0.6 is 28.3 Å². The normalized spacial score (nSPS) is 11.8. The molecule has 1 aromatic carbocycles. The van der Waals surface area contributed by atoms with E-state index in [4.69, 9.17) is 10.5 Å². The van der Waals surface area contributed by atoms with Gasteiger partial charge in [0.2, 0.25) is 0 Å². The van der Waals surface area contributed by atoms with Crippen molar-refractivity contribution in [1.29, 1.82) is 0 Å². The number of rotatable bonds is 7. The van der Waals surface area contributed by atoms with E-state index in [9.17, 15) is 5.11 Å². The summed E-state index contributed by atoms with van der Waals surface area (Å²) in [5.41, 5.74) is 7.16. The van der Waals surface area contributed by atoms with Crippen LogP contribution in [0.2, 0.25) is 0 Å². The Balaban J connectivity index is 0.00000324. The summed E-state index contributed by atoms with van der Waals surface area (Å²) in [5, 5.41) is 9.84. The van der Waals surface area contributed by atoms with E-state index in [1.807, 2.05) is 19.1 Å². The molecule has 0 aromatic heterocycles. The third-order valence-electron chi connectivity index (χ3n) is 2.90. The molecule has 0 aliphatic carbocycles. The summed E-state index contributed by atoms with van der Waals surface area (Å²) in [5.74, 6) is 0.633. The molecule has 0 spiro atoms. The Hall–Kier alpha value is -0.450. The first-order valence-corrected chi connectivity index (χ1v) is 7.30. The zero-order valence-corrected chi connectivity index (χ0v) is 13.9. The highest BCUT2D eigenvalue weighted by Gasteiger charge is 2.13. The van der Waals surface area contributed by atoms with Gasteiger partial charge in [0.05, 0.1) is 11.1 Å². The summed E-state index contributed by atoms with van der Waals surface area (Å²) in [6, 6.07) is 3.70. The van der Waals surface area contributed by atoms with E-state index < -0.39 is 0 Å². The van der Waals surface area contributed by atoms with E-state index in [2.05, 4.69) is 22.9 Å². The molecule has 110 valence electrons. The standard InChI is InChI=1S/C14H22BrNO2.ClH/c1-3-5-6-7-12(16)10-8-11(15)14(17)13(9-10)18-4-2;/h8-9,12,17H,3-7,16H2,1-2H3;1H/t12-;/m1./s1. The van der Waals surface area contributed by atoms with Crippen LogP contribution in [0.15, 0.2) is 16.6 Å². The molecule has 1 atom stereocenters. The first kappa shape index (κ1) is 18.6. The largest absolute Gasteiger partial charge is 0.503 e. The predicted molar refractivity (Wildman–Crippen MR) is 85.3 cm³/mol. The van der Waals surface area contributed by atoms with E-state index in [1.54, 1.807) is 0 Å². The van der Waals surface area contributed by atoms with E-state index in [0.29, 0.717) is 16.8 Å². The first-order chi connectivity index (χ1) is 8.60. The van der Waals surface area contributed by atoms with E-state index >= 15 is 0 Å². The average molecular weight is 353 g/mol. The van der Waals surface area contributed by atoms with Crippen LogP contribution in [0.5, 0.6) is 11.5 Å². The van der Waals surface area contributed by atoms with Crippen LogP contribution in [0.3, 0.4) is 0 Å². The minimum atomic E-state index is -0.00680. The molecule has 0 amide bonds. The zero-order chi connectivity index (χ0) is 13.5. The highest BCUT2D eigenvalue weighted by Crippen LogP contribution is 2.37. The van der Waals surface area contributed by atoms with E-state index in [-0.39, 0.29) is 24.2 Å². The minimum Gasteiger partial charge on any atom is -0.503 e. The Labute approximate surface area is 130 Å². The monoisotopic (exact) mass is 351 g/mol. The number of hydrogen-bond donors (Lipinski definition) is 2. The van der Waals surface area contributed by atoms with Gasteiger partial charge in [-0.25, -0.2) is 0 Å². The number of aromatic hydroxyl groups is 1. The van der Waals surface area contributed by atoms with Crippen LogP contribution in [0.4, 0.5) is 0 Å². The van der Waals surface area contributed by atoms with Gasteiger partial charge < -0.3 is 15.6 Å². The molecule has 1 rings (SSSR count). The molecule has 0 heterocycles. The smallest absolute Gasteiger partial charge is 0.172 e. The van der Waals surface area contributed by atoms with Gasteiger partial charge in [0, 0.05) is 6.04 Å². The SMILES string of the molecule is CCCCC[C@@H](N)c1cc(Br)c(O)c(OCC)c1.Cl. The molecule has 0 radical (unpaired) electrons.